The summed E-state index contributed by atoms with van der Waals surface area (Å²) in [5.41, 5.74) is 0.777. The van der Waals surface area contributed by atoms with Crippen LogP contribution in [0.4, 0.5) is 0 Å². The Morgan fingerprint density at radius 3 is 1.89 bits per heavy atom. The summed E-state index contributed by atoms with van der Waals surface area (Å²) < 4.78 is 15.8. The van der Waals surface area contributed by atoms with Crippen molar-refractivity contribution in [3.05, 3.63) is 17.7 Å². The van der Waals surface area contributed by atoms with Crippen LogP contribution in [0.5, 0.6) is 17.2 Å². The largest absolute Gasteiger partial charge is 0.493 e. The molecule has 0 heterocycles. The Hall–Kier alpha value is -1.42. The van der Waals surface area contributed by atoms with E-state index in [0.29, 0.717) is 17.2 Å². The molecule has 0 bridgehead atoms. The lowest BCUT2D eigenvalue weighted by Gasteiger charge is -2.20. The zero-order valence-electron chi connectivity index (χ0n) is 11.7. The van der Waals surface area contributed by atoms with Gasteiger partial charge in [0.05, 0.1) is 27.4 Å². The van der Waals surface area contributed by atoms with E-state index in [9.17, 15) is 5.11 Å². The average molecular weight is 254 g/mol. The van der Waals surface area contributed by atoms with Crippen LogP contribution in [0.3, 0.4) is 0 Å². The molecule has 0 aliphatic heterocycles. The quantitative estimate of drug-likeness (QED) is 0.848. The molecule has 18 heavy (non-hydrogen) atoms. The molecule has 2 unspecified atom stereocenters. The SMILES string of the molecule is CCC(C)C(O)c1cc(OC)c(OC)c(OC)c1. The number of aliphatic hydroxyl groups is 1. The third-order valence-corrected chi connectivity index (χ3v) is 3.21. The van der Waals surface area contributed by atoms with Gasteiger partial charge in [-0.25, -0.2) is 0 Å². The van der Waals surface area contributed by atoms with Crippen molar-refractivity contribution in [2.24, 2.45) is 5.92 Å². The highest BCUT2D eigenvalue weighted by molar-refractivity contribution is 5.54. The molecule has 0 aliphatic rings. The fourth-order valence-corrected chi connectivity index (χ4v) is 1.82. The van der Waals surface area contributed by atoms with Crippen molar-refractivity contribution in [1.82, 2.24) is 0 Å². The smallest absolute Gasteiger partial charge is 0.203 e. The van der Waals surface area contributed by atoms with Crippen LogP contribution in [-0.2, 0) is 0 Å². The number of benzene rings is 1. The molecular weight excluding hydrogens is 232 g/mol. The van der Waals surface area contributed by atoms with Gasteiger partial charge in [-0.05, 0) is 23.6 Å². The molecule has 0 amide bonds. The Bertz CT molecular complexity index is 364. The normalized spacial score (nSPS) is 13.9. The van der Waals surface area contributed by atoms with Gasteiger partial charge in [-0.1, -0.05) is 20.3 Å². The summed E-state index contributed by atoms with van der Waals surface area (Å²) in [6.45, 7) is 4.06. The van der Waals surface area contributed by atoms with Crippen molar-refractivity contribution in [1.29, 1.82) is 0 Å². The molecule has 0 saturated carbocycles. The van der Waals surface area contributed by atoms with Crippen LogP contribution in [0, 0.1) is 5.92 Å². The average Bonchev–Trinajstić information content (AvgIpc) is 2.43. The van der Waals surface area contributed by atoms with Crippen LogP contribution in [0.25, 0.3) is 0 Å². The highest BCUT2D eigenvalue weighted by atomic mass is 16.5. The summed E-state index contributed by atoms with van der Waals surface area (Å²) in [6, 6.07) is 3.58. The van der Waals surface area contributed by atoms with E-state index in [1.807, 2.05) is 13.8 Å². The fraction of sp³-hybridized carbons (Fsp3) is 0.571. The van der Waals surface area contributed by atoms with Gasteiger partial charge in [-0.15, -0.1) is 0 Å². The lowest BCUT2D eigenvalue weighted by Crippen LogP contribution is -2.09. The van der Waals surface area contributed by atoms with Gasteiger partial charge in [-0.3, -0.25) is 0 Å². The maximum absolute atomic E-state index is 10.2. The Balaban J connectivity index is 3.22. The molecule has 4 nitrogen and oxygen atoms in total. The van der Waals surface area contributed by atoms with Crippen molar-refractivity contribution in [2.75, 3.05) is 21.3 Å². The molecule has 2 atom stereocenters. The van der Waals surface area contributed by atoms with E-state index in [1.165, 1.54) is 0 Å². The van der Waals surface area contributed by atoms with Gasteiger partial charge in [0.15, 0.2) is 11.5 Å². The number of methoxy groups -OCH3 is 3. The topological polar surface area (TPSA) is 47.9 Å². The molecule has 1 aromatic rings. The van der Waals surface area contributed by atoms with Crippen molar-refractivity contribution in [2.45, 2.75) is 26.4 Å². The zero-order chi connectivity index (χ0) is 13.7. The number of hydrogen-bond donors (Lipinski definition) is 1. The summed E-state index contributed by atoms with van der Waals surface area (Å²) >= 11 is 0. The summed E-state index contributed by atoms with van der Waals surface area (Å²) in [5.74, 6) is 1.84. The van der Waals surface area contributed by atoms with E-state index < -0.39 is 6.10 Å². The maximum atomic E-state index is 10.2. The third-order valence-electron chi connectivity index (χ3n) is 3.21. The van der Waals surface area contributed by atoms with Gasteiger partial charge in [0.25, 0.3) is 0 Å². The van der Waals surface area contributed by atoms with Gasteiger partial charge in [0.1, 0.15) is 0 Å². The van der Waals surface area contributed by atoms with E-state index in [-0.39, 0.29) is 5.92 Å². The predicted octanol–water partition coefficient (Wildman–Crippen LogP) is 2.79. The van der Waals surface area contributed by atoms with Crippen LogP contribution >= 0.6 is 0 Å². The predicted molar refractivity (Wildman–Crippen MR) is 70.5 cm³/mol. The first-order valence-electron chi connectivity index (χ1n) is 6.06. The Morgan fingerprint density at radius 2 is 1.56 bits per heavy atom. The highest BCUT2D eigenvalue weighted by Gasteiger charge is 2.20. The van der Waals surface area contributed by atoms with Gasteiger partial charge in [-0.2, -0.15) is 0 Å². The molecule has 102 valence electrons. The molecule has 0 aromatic heterocycles. The first-order chi connectivity index (χ1) is 8.58. The highest BCUT2D eigenvalue weighted by Crippen LogP contribution is 2.40. The lowest BCUT2D eigenvalue weighted by atomic mass is 9.95. The summed E-state index contributed by atoms with van der Waals surface area (Å²) in [6.07, 6.45) is 0.362. The van der Waals surface area contributed by atoms with Gasteiger partial charge in [0.2, 0.25) is 5.75 Å². The van der Waals surface area contributed by atoms with Crippen LogP contribution in [0.15, 0.2) is 12.1 Å². The zero-order valence-corrected chi connectivity index (χ0v) is 11.7. The Labute approximate surface area is 108 Å². The van der Waals surface area contributed by atoms with E-state index in [2.05, 4.69) is 0 Å². The van der Waals surface area contributed by atoms with E-state index in [0.717, 1.165) is 12.0 Å². The fourth-order valence-electron chi connectivity index (χ4n) is 1.82. The van der Waals surface area contributed by atoms with Crippen molar-refractivity contribution < 1.29 is 19.3 Å². The Morgan fingerprint density at radius 1 is 1.06 bits per heavy atom. The first-order valence-corrected chi connectivity index (χ1v) is 6.06. The third kappa shape index (κ3) is 2.88. The molecule has 0 saturated heterocycles. The number of ether oxygens (including phenoxy) is 3. The Kier molecular flexibility index (Phi) is 5.28. The maximum Gasteiger partial charge on any atom is 0.203 e. The number of hydrogen-bond acceptors (Lipinski definition) is 4. The summed E-state index contributed by atoms with van der Waals surface area (Å²) in [7, 11) is 4.69. The van der Waals surface area contributed by atoms with E-state index in [1.54, 1.807) is 33.5 Å². The van der Waals surface area contributed by atoms with Crippen LogP contribution in [-0.4, -0.2) is 26.4 Å². The second kappa shape index (κ2) is 6.50. The van der Waals surface area contributed by atoms with Crippen molar-refractivity contribution in [3.8, 4) is 17.2 Å². The number of rotatable bonds is 6. The van der Waals surface area contributed by atoms with Crippen LogP contribution in [0.1, 0.15) is 31.9 Å². The lowest BCUT2D eigenvalue weighted by molar-refractivity contribution is 0.115. The molecule has 0 aliphatic carbocycles. The standard InChI is InChI=1S/C14H22O4/c1-6-9(2)13(15)10-7-11(16-3)14(18-5)12(8-10)17-4/h7-9,13,15H,6H2,1-5H3. The monoisotopic (exact) mass is 254 g/mol. The van der Waals surface area contributed by atoms with E-state index >= 15 is 0 Å². The molecule has 1 rings (SSSR count). The second-order valence-corrected chi connectivity index (χ2v) is 4.29. The van der Waals surface area contributed by atoms with Gasteiger partial charge >= 0.3 is 0 Å². The molecule has 1 N–H and O–H groups in total. The molecule has 1 aromatic carbocycles. The molecular formula is C14H22O4. The minimum Gasteiger partial charge on any atom is -0.493 e. The molecule has 0 radical (unpaired) electrons. The minimum atomic E-state index is -0.538. The van der Waals surface area contributed by atoms with Crippen molar-refractivity contribution >= 4 is 0 Å². The van der Waals surface area contributed by atoms with Gasteiger partial charge < -0.3 is 19.3 Å². The van der Waals surface area contributed by atoms with Gasteiger partial charge in [0, 0.05) is 0 Å². The van der Waals surface area contributed by atoms with Crippen LogP contribution in [0.2, 0.25) is 0 Å². The molecule has 0 spiro atoms. The summed E-state index contributed by atoms with van der Waals surface area (Å²) in [4.78, 5) is 0. The minimum absolute atomic E-state index is 0.174. The second-order valence-electron chi connectivity index (χ2n) is 4.29. The van der Waals surface area contributed by atoms with Crippen molar-refractivity contribution in [3.63, 3.8) is 0 Å². The molecule has 0 fully saturated rings. The first kappa shape index (κ1) is 14.6. The number of aliphatic hydroxyl groups excluding tert-OH is 1. The molecule has 4 heteroatoms. The summed E-state index contributed by atoms with van der Waals surface area (Å²) in [5, 5.41) is 10.2. The van der Waals surface area contributed by atoms with E-state index in [4.69, 9.17) is 14.2 Å². The van der Waals surface area contributed by atoms with Crippen LogP contribution < -0.4 is 14.2 Å².